The van der Waals surface area contributed by atoms with E-state index in [9.17, 15) is 4.79 Å². The fourth-order valence-corrected chi connectivity index (χ4v) is 2.90. The lowest BCUT2D eigenvalue weighted by atomic mass is 10.2. The average molecular weight is 357 g/mol. The largest absolute Gasteiger partial charge is 0.397 e. The maximum Gasteiger partial charge on any atom is 0.255 e. The number of nitrogens with one attached hydrogen (secondary N) is 2. The standard InChI is InChI=1S/C21H19N5O/c1-26-19-9-5-4-8-18(19)25-21(26)23-15-12-10-14(11-13-15)20(27)24-17-7-3-2-6-16(17)22/h2-13H,22H2,1H3,(H,23,25)(H,24,27). The normalized spacial score (nSPS) is 10.7. The quantitative estimate of drug-likeness (QED) is 0.479. The Labute approximate surface area is 156 Å². The van der Waals surface area contributed by atoms with Crippen molar-refractivity contribution >= 4 is 40.0 Å². The molecule has 1 aromatic heterocycles. The number of aryl methyl sites for hydroxylation is 1. The third-order valence-corrected chi connectivity index (χ3v) is 4.40. The van der Waals surface area contributed by atoms with Gasteiger partial charge in [0.25, 0.3) is 5.91 Å². The van der Waals surface area contributed by atoms with Crippen LogP contribution in [0.15, 0.2) is 72.8 Å². The van der Waals surface area contributed by atoms with Crippen molar-refractivity contribution < 1.29 is 4.79 Å². The van der Waals surface area contributed by atoms with Crippen molar-refractivity contribution in [2.45, 2.75) is 0 Å². The first kappa shape index (κ1) is 16.7. The number of nitrogens with zero attached hydrogens (tertiary/aromatic N) is 2. The molecule has 0 saturated carbocycles. The number of benzene rings is 3. The third kappa shape index (κ3) is 3.32. The molecular weight excluding hydrogens is 338 g/mol. The lowest BCUT2D eigenvalue weighted by molar-refractivity contribution is 0.102. The first-order valence-electron chi connectivity index (χ1n) is 8.56. The van der Waals surface area contributed by atoms with Crippen LogP contribution < -0.4 is 16.4 Å². The number of anilines is 4. The van der Waals surface area contributed by atoms with Crippen LogP contribution in [0.3, 0.4) is 0 Å². The van der Waals surface area contributed by atoms with Gasteiger partial charge in [-0.25, -0.2) is 4.98 Å². The number of rotatable bonds is 4. The van der Waals surface area contributed by atoms with E-state index in [0.717, 1.165) is 22.7 Å². The second-order valence-corrected chi connectivity index (χ2v) is 6.23. The van der Waals surface area contributed by atoms with Crippen LogP contribution in [0.4, 0.5) is 23.0 Å². The summed E-state index contributed by atoms with van der Waals surface area (Å²) in [6.07, 6.45) is 0. The molecule has 6 nitrogen and oxygen atoms in total. The molecule has 0 radical (unpaired) electrons. The van der Waals surface area contributed by atoms with Gasteiger partial charge in [-0.1, -0.05) is 24.3 Å². The summed E-state index contributed by atoms with van der Waals surface area (Å²) in [6, 6.07) is 22.4. The summed E-state index contributed by atoms with van der Waals surface area (Å²) in [6.45, 7) is 0. The molecule has 0 saturated heterocycles. The van der Waals surface area contributed by atoms with Crippen LogP contribution in [0.25, 0.3) is 11.0 Å². The highest BCUT2D eigenvalue weighted by Crippen LogP contribution is 2.22. The summed E-state index contributed by atoms with van der Waals surface area (Å²) in [5, 5.41) is 6.11. The molecule has 4 rings (SSSR count). The number of hydrogen-bond acceptors (Lipinski definition) is 4. The number of para-hydroxylation sites is 4. The molecule has 0 bridgehead atoms. The van der Waals surface area contributed by atoms with Gasteiger partial charge in [-0.2, -0.15) is 0 Å². The van der Waals surface area contributed by atoms with Gasteiger partial charge < -0.3 is 20.9 Å². The molecule has 0 aliphatic rings. The Kier molecular flexibility index (Phi) is 4.22. The van der Waals surface area contributed by atoms with Crippen molar-refractivity contribution in [2.24, 2.45) is 7.05 Å². The van der Waals surface area contributed by atoms with E-state index in [1.807, 2.05) is 60.1 Å². The van der Waals surface area contributed by atoms with Crippen LogP contribution in [-0.2, 0) is 7.05 Å². The van der Waals surface area contributed by atoms with E-state index >= 15 is 0 Å². The number of carbonyl (C=O) groups is 1. The van der Waals surface area contributed by atoms with Gasteiger partial charge in [0.05, 0.1) is 22.4 Å². The van der Waals surface area contributed by atoms with Gasteiger partial charge in [-0.3, -0.25) is 4.79 Å². The van der Waals surface area contributed by atoms with Crippen LogP contribution in [-0.4, -0.2) is 15.5 Å². The van der Waals surface area contributed by atoms with Crippen molar-refractivity contribution in [3.8, 4) is 0 Å². The Morgan fingerprint density at radius 3 is 2.41 bits per heavy atom. The number of fused-ring (bicyclic) bond motifs is 1. The Balaban J connectivity index is 1.51. The molecule has 0 fully saturated rings. The zero-order chi connectivity index (χ0) is 18.8. The zero-order valence-corrected chi connectivity index (χ0v) is 14.8. The number of nitrogens with two attached hydrogens (primary N) is 1. The number of imidazole rings is 1. The van der Waals surface area contributed by atoms with Crippen LogP contribution in [0, 0.1) is 0 Å². The van der Waals surface area contributed by atoms with Crippen LogP contribution >= 0.6 is 0 Å². The fraction of sp³-hybridized carbons (Fsp3) is 0.0476. The SMILES string of the molecule is Cn1c(Nc2ccc(C(=O)Nc3ccccc3N)cc2)nc2ccccc21. The highest BCUT2D eigenvalue weighted by molar-refractivity contribution is 6.05. The summed E-state index contributed by atoms with van der Waals surface area (Å²) in [7, 11) is 1.96. The highest BCUT2D eigenvalue weighted by atomic mass is 16.1. The van der Waals surface area contributed by atoms with Crippen molar-refractivity contribution in [3.05, 3.63) is 78.4 Å². The Bertz CT molecular complexity index is 1120. The molecule has 4 aromatic rings. The van der Waals surface area contributed by atoms with E-state index in [1.54, 1.807) is 24.3 Å². The van der Waals surface area contributed by atoms with Crippen molar-refractivity contribution in [1.29, 1.82) is 0 Å². The summed E-state index contributed by atoms with van der Waals surface area (Å²) in [5.41, 5.74) is 10.4. The highest BCUT2D eigenvalue weighted by Gasteiger charge is 2.10. The second-order valence-electron chi connectivity index (χ2n) is 6.23. The lowest BCUT2D eigenvalue weighted by Crippen LogP contribution is -2.13. The summed E-state index contributed by atoms with van der Waals surface area (Å²) in [5.74, 6) is 0.535. The summed E-state index contributed by atoms with van der Waals surface area (Å²) in [4.78, 5) is 17.0. The zero-order valence-electron chi connectivity index (χ0n) is 14.8. The molecule has 1 heterocycles. The maximum absolute atomic E-state index is 12.4. The number of aromatic nitrogens is 2. The molecule has 1 amide bonds. The number of amides is 1. The van der Waals surface area contributed by atoms with E-state index in [4.69, 9.17) is 5.73 Å². The van der Waals surface area contributed by atoms with Crippen LogP contribution in [0.2, 0.25) is 0 Å². The molecule has 134 valence electrons. The molecule has 0 aliphatic heterocycles. The molecule has 0 atom stereocenters. The van der Waals surface area contributed by atoms with Gasteiger partial charge in [-0.15, -0.1) is 0 Å². The van der Waals surface area contributed by atoms with Gasteiger partial charge in [0.1, 0.15) is 0 Å². The Morgan fingerprint density at radius 2 is 1.67 bits per heavy atom. The van der Waals surface area contributed by atoms with Gasteiger partial charge in [0.2, 0.25) is 5.95 Å². The maximum atomic E-state index is 12.4. The minimum Gasteiger partial charge on any atom is -0.397 e. The van der Waals surface area contributed by atoms with E-state index in [2.05, 4.69) is 15.6 Å². The summed E-state index contributed by atoms with van der Waals surface area (Å²) >= 11 is 0. The van der Waals surface area contributed by atoms with Gasteiger partial charge in [-0.05, 0) is 48.5 Å². The molecule has 27 heavy (non-hydrogen) atoms. The summed E-state index contributed by atoms with van der Waals surface area (Å²) < 4.78 is 1.99. The first-order valence-corrected chi connectivity index (χ1v) is 8.56. The smallest absolute Gasteiger partial charge is 0.255 e. The predicted octanol–water partition coefficient (Wildman–Crippen LogP) is 4.15. The van der Waals surface area contributed by atoms with E-state index in [-0.39, 0.29) is 5.91 Å². The molecule has 0 unspecified atom stereocenters. The van der Waals surface area contributed by atoms with Crippen molar-refractivity contribution in [3.63, 3.8) is 0 Å². The second kappa shape index (κ2) is 6.84. The molecule has 0 spiro atoms. The monoisotopic (exact) mass is 357 g/mol. The number of hydrogen-bond donors (Lipinski definition) is 3. The van der Waals surface area contributed by atoms with Crippen molar-refractivity contribution in [1.82, 2.24) is 9.55 Å². The average Bonchev–Trinajstić information content (AvgIpc) is 3.00. The number of carbonyl (C=O) groups excluding carboxylic acids is 1. The molecule has 0 aliphatic carbocycles. The molecular formula is C21H19N5O. The van der Waals surface area contributed by atoms with Crippen LogP contribution in [0.1, 0.15) is 10.4 Å². The van der Waals surface area contributed by atoms with E-state index < -0.39 is 0 Å². The molecule has 6 heteroatoms. The van der Waals surface area contributed by atoms with Gasteiger partial charge >= 0.3 is 0 Å². The van der Waals surface area contributed by atoms with Crippen molar-refractivity contribution in [2.75, 3.05) is 16.4 Å². The van der Waals surface area contributed by atoms with Crippen LogP contribution in [0.5, 0.6) is 0 Å². The lowest BCUT2D eigenvalue weighted by Gasteiger charge is -2.09. The first-order chi connectivity index (χ1) is 13.1. The third-order valence-electron chi connectivity index (χ3n) is 4.40. The number of nitrogen functional groups attached to an aromatic ring is 1. The molecule has 4 N–H and O–H groups in total. The Morgan fingerprint density at radius 1 is 0.963 bits per heavy atom. The van der Waals surface area contributed by atoms with E-state index in [1.165, 1.54) is 0 Å². The topological polar surface area (TPSA) is 85.0 Å². The van der Waals surface area contributed by atoms with Gasteiger partial charge in [0, 0.05) is 18.3 Å². The predicted molar refractivity (Wildman–Crippen MR) is 109 cm³/mol. The van der Waals surface area contributed by atoms with E-state index in [0.29, 0.717) is 16.9 Å². The minimum atomic E-state index is -0.206. The Hall–Kier alpha value is -3.80. The van der Waals surface area contributed by atoms with Gasteiger partial charge in [0.15, 0.2) is 0 Å². The fourth-order valence-electron chi connectivity index (χ4n) is 2.90. The minimum absolute atomic E-state index is 0.206. The molecule has 3 aromatic carbocycles.